The van der Waals surface area contributed by atoms with Crippen molar-refractivity contribution in [1.82, 2.24) is 0 Å². The molecule has 0 saturated carbocycles. The van der Waals surface area contributed by atoms with Crippen molar-refractivity contribution in [3.8, 4) is 5.75 Å². The van der Waals surface area contributed by atoms with Gasteiger partial charge in [-0.25, -0.2) is 8.42 Å². The molecular weight excluding hydrogens is 409 g/mol. The molecule has 2 aromatic rings. The number of halogens is 3. The number of amides is 1. The number of carbonyl (C=O) groups is 1. The normalized spacial score (nSPS) is 12.9. The second-order valence-corrected chi connectivity index (χ2v) is 8.07. The van der Waals surface area contributed by atoms with Gasteiger partial charge in [0.2, 0.25) is 15.9 Å². The summed E-state index contributed by atoms with van der Waals surface area (Å²) in [6.45, 7) is 1.57. The summed E-state index contributed by atoms with van der Waals surface area (Å²) in [5.74, 6) is -0.385. The Morgan fingerprint density at radius 3 is 2.21 bits per heavy atom. The molecule has 0 heterocycles. The van der Waals surface area contributed by atoms with E-state index in [9.17, 15) is 26.4 Å². The van der Waals surface area contributed by atoms with Gasteiger partial charge >= 0.3 is 6.18 Å². The number of ether oxygens (including phenoxy) is 1. The van der Waals surface area contributed by atoms with Gasteiger partial charge < -0.3 is 10.1 Å². The maximum Gasteiger partial charge on any atom is 0.418 e. The van der Waals surface area contributed by atoms with Gasteiger partial charge in [-0.05, 0) is 42.8 Å². The van der Waals surface area contributed by atoms with Crippen LogP contribution in [0.3, 0.4) is 0 Å². The molecule has 1 amide bonds. The lowest BCUT2D eigenvalue weighted by molar-refractivity contribution is -0.137. The van der Waals surface area contributed by atoms with Gasteiger partial charge in [0, 0.05) is 0 Å². The summed E-state index contributed by atoms with van der Waals surface area (Å²) in [6.07, 6.45) is -3.70. The molecule has 10 heteroatoms. The molecule has 158 valence electrons. The maximum atomic E-state index is 13.2. The summed E-state index contributed by atoms with van der Waals surface area (Å²) in [4.78, 5) is 12.8. The predicted molar refractivity (Wildman–Crippen MR) is 104 cm³/mol. The molecule has 1 N–H and O–H groups in total. The van der Waals surface area contributed by atoms with Crippen LogP contribution in [0, 0.1) is 0 Å². The van der Waals surface area contributed by atoms with Crippen LogP contribution in [-0.2, 0) is 21.0 Å². The minimum atomic E-state index is -4.67. The lowest BCUT2D eigenvalue weighted by Crippen LogP contribution is -2.47. The topological polar surface area (TPSA) is 75.7 Å². The van der Waals surface area contributed by atoms with E-state index in [0.29, 0.717) is 5.75 Å². The van der Waals surface area contributed by atoms with Crippen LogP contribution in [0.4, 0.5) is 24.5 Å². The molecule has 0 spiro atoms. The summed E-state index contributed by atoms with van der Waals surface area (Å²) < 4.78 is 70.3. The number of carbonyl (C=O) groups excluding carboxylic acids is 1. The number of rotatable bonds is 7. The van der Waals surface area contributed by atoms with Crippen molar-refractivity contribution in [3.05, 3.63) is 54.1 Å². The lowest BCUT2D eigenvalue weighted by Gasteiger charge is -2.30. The van der Waals surface area contributed by atoms with Crippen LogP contribution in [0.2, 0.25) is 0 Å². The van der Waals surface area contributed by atoms with Crippen molar-refractivity contribution in [3.63, 3.8) is 0 Å². The Balaban J connectivity index is 2.42. The molecule has 2 aromatic carbocycles. The molecule has 0 unspecified atom stereocenters. The first-order valence-electron chi connectivity index (χ1n) is 8.59. The van der Waals surface area contributed by atoms with Crippen LogP contribution in [0.1, 0.15) is 18.9 Å². The second-order valence-electron chi connectivity index (χ2n) is 6.21. The number of para-hydroxylation sites is 1. The predicted octanol–water partition coefficient (Wildman–Crippen LogP) is 3.90. The van der Waals surface area contributed by atoms with Crippen molar-refractivity contribution >= 4 is 27.3 Å². The highest BCUT2D eigenvalue weighted by molar-refractivity contribution is 7.92. The SMILES string of the molecule is CC[C@H](C(=O)Nc1ccccc1C(F)(F)F)N(c1ccc(OC)cc1)S(C)(=O)=O. The van der Waals surface area contributed by atoms with Crippen LogP contribution >= 0.6 is 0 Å². The third kappa shape index (κ3) is 5.41. The van der Waals surface area contributed by atoms with E-state index >= 15 is 0 Å². The number of methoxy groups -OCH3 is 1. The molecule has 0 saturated heterocycles. The van der Waals surface area contributed by atoms with Crippen molar-refractivity contribution in [2.75, 3.05) is 23.0 Å². The zero-order valence-electron chi connectivity index (χ0n) is 16.0. The summed E-state index contributed by atoms with van der Waals surface area (Å²) in [5.41, 5.74) is -1.26. The zero-order chi connectivity index (χ0) is 21.8. The number of nitrogens with one attached hydrogen (secondary N) is 1. The van der Waals surface area contributed by atoms with Gasteiger partial charge in [-0.2, -0.15) is 13.2 Å². The van der Waals surface area contributed by atoms with Crippen LogP contribution in [-0.4, -0.2) is 33.7 Å². The average molecular weight is 430 g/mol. The minimum Gasteiger partial charge on any atom is -0.497 e. The number of anilines is 2. The molecule has 29 heavy (non-hydrogen) atoms. The maximum absolute atomic E-state index is 13.2. The Morgan fingerprint density at radius 2 is 1.72 bits per heavy atom. The van der Waals surface area contributed by atoms with E-state index in [1.54, 1.807) is 6.92 Å². The average Bonchev–Trinajstić information content (AvgIpc) is 2.64. The highest BCUT2D eigenvalue weighted by Gasteiger charge is 2.36. The van der Waals surface area contributed by atoms with Gasteiger partial charge in [-0.1, -0.05) is 19.1 Å². The van der Waals surface area contributed by atoms with Crippen LogP contribution in [0.15, 0.2) is 48.5 Å². The van der Waals surface area contributed by atoms with E-state index in [1.807, 2.05) is 0 Å². The van der Waals surface area contributed by atoms with Gasteiger partial charge in [0.15, 0.2) is 0 Å². The molecule has 6 nitrogen and oxygen atoms in total. The standard InChI is InChI=1S/C19H21F3N2O4S/c1-4-17(18(25)23-16-8-6-5-7-15(16)19(20,21)22)24(29(3,26)27)13-9-11-14(28-2)12-10-13/h5-12,17H,4H2,1-3H3,(H,23,25)/t17-/m1/s1. The molecular formula is C19H21F3N2O4S. The lowest BCUT2D eigenvalue weighted by atomic mass is 10.1. The number of hydrogen-bond donors (Lipinski definition) is 1. The molecule has 0 fully saturated rings. The molecule has 0 aliphatic heterocycles. The van der Waals surface area contributed by atoms with E-state index < -0.39 is 39.4 Å². The second kappa shape index (κ2) is 8.73. The first-order chi connectivity index (χ1) is 13.5. The molecule has 1 atom stereocenters. The van der Waals surface area contributed by atoms with Crippen LogP contribution in [0.5, 0.6) is 5.75 Å². The largest absolute Gasteiger partial charge is 0.497 e. The van der Waals surface area contributed by atoms with E-state index in [2.05, 4.69) is 5.32 Å². The Hall–Kier alpha value is -2.75. The highest BCUT2D eigenvalue weighted by atomic mass is 32.2. The fourth-order valence-electron chi connectivity index (χ4n) is 2.84. The van der Waals surface area contributed by atoms with Crippen LogP contribution in [0.25, 0.3) is 0 Å². The number of nitrogens with zero attached hydrogens (tertiary/aromatic N) is 1. The number of hydrogen-bond acceptors (Lipinski definition) is 4. The van der Waals surface area contributed by atoms with Gasteiger partial charge in [0.05, 0.1) is 30.3 Å². The summed E-state index contributed by atoms with van der Waals surface area (Å²) in [6, 6.07) is 9.23. The summed E-state index contributed by atoms with van der Waals surface area (Å²) in [7, 11) is -2.47. The highest BCUT2D eigenvalue weighted by Crippen LogP contribution is 2.35. The molecule has 2 rings (SSSR count). The van der Waals surface area contributed by atoms with Gasteiger partial charge in [0.1, 0.15) is 11.8 Å². The molecule has 0 radical (unpaired) electrons. The molecule has 0 aromatic heterocycles. The minimum absolute atomic E-state index is 0.0408. The van der Waals surface area contributed by atoms with E-state index in [-0.39, 0.29) is 12.1 Å². The Labute approximate surface area is 167 Å². The Kier molecular flexibility index (Phi) is 6.78. The van der Waals surface area contributed by atoms with Crippen molar-refractivity contribution < 1.29 is 31.1 Å². The molecule has 0 bridgehead atoms. The summed E-state index contributed by atoms with van der Waals surface area (Å²) >= 11 is 0. The third-order valence-electron chi connectivity index (χ3n) is 4.15. The van der Waals surface area contributed by atoms with E-state index in [1.165, 1.54) is 43.5 Å². The summed E-state index contributed by atoms with van der Waals surface area (Å²) in [5, 5.41) is 2.22. The number of benzene rings is 2. The quantitative estimate of drug-likeness (QED) is 0.723. The van der Waals surface area contributed by atoms with Gasteiger partial charge in [-0.15, -0.1) is 0 Å². The third-order valence-corrected chi connectivity index (χ3v) is 5.33. The van der Waals surface area contributed by atoms with Crippen molar-refractivity contribution in [1.29, 1.82) is 0 Å². The first-order valence-corrected chi connectivity index (χ1v) is 10.4. The Bertz CT molecular complexity index is 960. The Morgan fingerprint density at radius 1 is 1.14 bits per heavy atom. The van der Waals surface area contributed by atoms with Gasteiger partial charge in [0.25, 0.3) is 0 Å². The first kappa shape index (κ1) is 22.5. The number of alkyl halides is 3. The fourth-order valence-corrected chi connectivity index (χ4v) is 4.06. The van der Waals surface area contributed by atoms with Crippen LogP contribution < -0.4 is 14.4 Å². The van der Waals surface area contributed by atoms with Crippen molar-refractivity contribution in [2.24, 2.45) is 0 Å². The molecule has 0 aliphatic carbocycles. The number of sulfonamides is 1. The fraction of sp³-hybridized carbons (Fsp3) is 0.316. The van der Waals surface area contributed by atoms with Gasteiger partial charge in [-0.3, -0.25) is 9.10 Å². The van der Waals surface area contributed by atoms with E-state index in [0.717, 1.165) is 22.7 Å². The zero-order valence-corrected chi connectivity index (χ0v) is 16.8. The van der Waals surface area contributed by atoms with E-state index in [4.69, 9.17) is 4.74 Å². The van der Waals surface area contributed by atoms with Crippen molar-refractivity contribution in [2.45, 2.75) is 25.6 Å². The monoisotopic (exact) mass is 430 g/mol. The molecule has 0 aliphatic rings. The smallest absolute Gasteiger partial charge is 0.418 e.